The molecule has 0 bridgehead atoms. The number of thiophene rings is 1. The molecule has 2 aliphatic rings. The lowest BCUT2D eigenvalue weighted by molar-refractivity contribution is -0.143. The zero-order valence-corrected chi connectivity index (χ0v) is 14.5. The molecule has 2 heterocycles. The van der Waals surface area contributed by atoms with Crippen molar-refractivity contribution in [2.24, 2.45) is 10.9 Å². The molecular weight excluding hydrogens is 310 g/mol. The van der Waals surface area contributed by atoms with Gasteiger partial charge in [0, 0.05) is 39.1 Å². The number of rotatable bonds is 3. The lowest BCUT2D eigenvalue weighted by Gasteiger charge is -2.33. The van der Waals surface area contributed by atoms with Gasteiger partial charge in [0.2, 0.25) is 0 Å². The van der Waals surface area contributed by atoms with Crippen LogP contribution in [-0.4, -0.2) is 24.6 Å². The van der Waals surface area contributed by atoms with Crippen molar-refractivity contribution < 1.29 is 14.3 Å². The number of hydrogen-bond donors (Lipinski definition) is 0. The molecular formula is C18H21NO3S. The highest BCUT2D eigenvalue weighted by Crippen LogP contribution is 2.45. The molecule has 23 heavy (non-hydrogen) atoms. The van der Waals surface area contributed by atoms with E-state index in [0.717, 1.165) is 41.1 Å². The molecule has 0 unspecified atom stereocenters. The molecule has 0 N–H and O–H groups in total. The van der Waals surface area contributed by atoms with E-state index in [1.165, 1.54) is 12.0 Å². The van der Waals surface area contributed by atoms with Crippen LogP contribution < -0.4 is 0 Å². The van der Waals surface area contributed by atoms with E-state index in [1.807, 2.05) is 6.92 Å². The number of ketones is 1. The molecule has 0 amide bonds. The Morgan fingerprint density at radius 2 is 2.17 bits per heavy atom. The first-order valence-corrected chi connectivity index (χ1v) is 8.86. The zero-order chi connectivity index (χ0) is 16.6. The normalized spacial score (nSPS) is 24.3. The average molecular weight is 331 g/mol. The van der Waals surface area contributed by atoms with Gasteiger partial charge in [-0.1, -0.05) is 6.92 Å². The van der Waals surface area contributed by atoms with Crippen LogP contribution in [0.4, 0.5) is 0 Å². The second-order valence-electron chi connectivity index (χ2n) is 6.03. The number of allylic oxidation sites excluding steroid dienone is 2. The van der Waals surface area contributed by atoms with Crippen molar-refractivity contribution in [3.05, 3.63) is 33.2 Å². The number of ether oxygens (including phenoxy) is 1. The van der Waals surface area contributed by atoms with Crippen LogP contribution in [0.5, 0.6) is 0 Å². The summed E-state index contributed by atoms with van der Waals surface area (Å²) >= 11 is 1.68. The standard InChI is InChI=1S/C18H21NO3S/c1-4-11-8-9-14(23-11)17-15(18(21)22-3)10(2)19-12-6-5-7-13(20)16(12)17/h8-9,15,17H,4-7H2,1-3H3/t15-,17-/m1/s1. The smallest absolute Gasteiger partial charge is 0.315 e. The van der Waals surface area contributed by atoms with Gasteiger partial charge in [0.15, 0.2) is 5.78 Å². The van der Waals surface area contributed by atoms with Crippen LogP contribution in [0.15, 0.2) is 28.4 Å². The summed E-state index contributed by atoms with van der Waals surface area (Å²) in [5.74, 6) is -0.919. The first-order chi connectivity index (χ1) is 11.1. The number of hydrogen-bond acceptors (Lipinski definition) is 5. The van der Waals surface area contributed by atoms with Gasteiger partial charge in [-0.2, -0.15) is 0 Å². The first-order valence-electron chi connectivity index (χ1n) is 8.04. The molecule has 0 spiro atoms. The highest BCUT2D eigenvalue weighted by molar-refractivity contribution is 7.12. The molecule has 122 valence electrons. The van der Waals surface area contributed by atoms with Crippen LogP contribution in [0, 0.1) is 5.92 Å². The number of esters is 1. The van der Waals surface area contributed by atoms with Crippen molar-refractivity contribution in [3.63, 3.8) is 0 Å². The largest absolute Gasteiger partial charge is 0.468 e. The quantitative estimate of drug-likeness (QED) is 0.794. The fourth-order valence-electron chi connectivity index (χ4n) is 3.50. The number of Topliss-reactive ketones (excluding diaryl/α,β-unsaturated/α-hetero) is 1. The maximum atomic E-state index is 12.6. The Kier molecular flexibility index (Phi) is 4.48. The molecule has 1 aliphatic heterocycles. The molecule has 1 aromatic rings. The van der Waals surface area contributed by atoms with Gasteiger partial charge >= 0.3 is 5.97 Å². The summed E-state index contributed by atoms with van der Waals surface area (Å²) in [6, 6.07) is 4.14. The summed E-state index contributed by atoms with van der Waals surface area (Å²) in [5.41, 5.74) is 2.36. The minimum atomic E-state index is -0.496. The minimum Gasteiger partial charge on any atom is -0.468 e. The summed E-state index contributed by atoms with van der Waals surface area (Å²) in [7, 11) is 1.39. The molecule has 0 saturated heterocycles. The van der Waals surface area contributed by atoms with E-state index in [9.17, 15) is 9.59 Å². The molecule has 0 aromatic carbocycles. The third-order valence-electron chi connectivity index (χ3n) is 4.63. The summed E-state index contributed by atoms with van der Waals surface area (Å²) in [4.78, 5) is 31.9. The number of carbonyl (C=O) groups excluding carboxylic acids is 2. The van der Waals surface area contributed by atoms with Gasteiger partial charge in [0.1, 0.15) is 5.92 Å². The predicted molar refractivity (Wildman–Crippen MR) is 90.9 cm³/mol. The summed E-state index contributed by atoms with van der Waals surface area (Å²) in [6.45, 7) is 3.98. The van der Waals surface area contributed by atoms with Crippen LogP contribution in [0.1, 0.15) is 48.8 Å². The fraction of sp³-hybridized carbons (Fsp3) is 0.500. The van der Waals surface area contributed by atoms with Gasteiger partial charge in [0.05, 0.1) is 7.11 Å². The lowest BCUT2D eigenvalue weighted by Crippen LogP contribution is -2.36. The van der Waals surface area contributed by atoms with E-state index in [4.69, 9.17) is 4.74 Å². The van der Waals surface area contributed by atoms with Crippen molar-refractivity contribution in [1.82, 2.24) is 0 Å². The van der Waals surface area contributed by atoms with Gasteiger partial charge < -0.3 is 4.74 Å². The third kappa shape index (κ3) is 2.78. The van der Waals surface area contributed by atoms with Crippen LogP contribution >= 0.6 is 11.3 Å². The Balaban J connectivity index is 2.15. The van der Waals surface area contributed by atoms with Crippen LogP contribution in [0.2, 0.25) is 0 Å². The topological polar surface area (TPSA) is 55.7 Å². The predicted octanol–water partition coefficient (Wildman–Crippen LogP) is 3.66. The van der Waals surface area contributed by atoms with Crippen LogP contribution in [-0.2, 0) is 20.7 Å². The van der Waals surface area contributed by atoms with Crippen LogP contribution in [0.25, 0.3) is 0 Å². The first kappa shape index (κ1) is 16.1. The van der Waals surface area contributed by atoms with Gasteiger partial charge in [-0.15, -0.1) is 11.3 Å². The molecule has 0 radical (unpaired) electrons. The second kappa shape index (κ2) is 6.40. The number of nitrogens with zero attached hydrogens (tertiary/aromatic N) is 1. The van der Waals surface area contributed by atoms with Crippen molar-refractivity contribution >= 4 is 28.8 Å². The van der Waals surface area contributed by atoms with E-state index >= 15 is 0 Å². The molecule has 5 heteroatoms. The molecule has 2 atom stereocenters. The van der Waals surface area contributed by atoms with E-state index in [-0.39, 0.29) is 17.7 Å². The van der Waals surface area contributed by atoms with Crippen molar-refractivity contribution in [3.8, 4) is 0 Å². The third-order valence-corrected chi connectivity index (χ3v) is 5.94. The maximum absolute atomic E-state index is 12.6. The highest BCUT2D eigenvalue weighted by atomic mass is 32.1. The zero-order valence-electron chi connectivity index (χ0n) is 13.7. The molecule has 1 aromatic heterocycles. The Morgan fingerprint density at radius 3 is 2.83 bits per heavy atom. The van der Waals surface area contributed by atoms with Crippen molar-refractivity contribution in [1.29, 1.82) is 0 Å². The Bertz CT molecular complexity index is 714. The Labute approximate surface area is 140 Å². The van der Waals surface area contributed by atoms with E-state index in [2.05, 4.69) is 24.0 Å². The number of aliphatic imine (C=N–C) groups is 1. The molecule has 4 nitrogen and oxygen atoms in total. The SMILES string of the molecule is CCc1ccc([C@H]2C3=C(CCCC3=O)N=C(C)[C@H]2C(=O)OC)s1. The van der Waals surface area contributed by atoms with E-state index < -0.39 is 5.92 Å². The Morgan fingerprint density at radius 1 is 1.39 bits per heavy atom. The van der Waals surface area contributed by atoms with Gasteiger partial charge in [-0.05, 0) is 38.3 Å². The van der Waals surface area contributed by atoms with E-state index in [1.54, 1.807) is 11.3 Å². The van der Waals surface area contributed by atoms with Crippen LogP contribution in [0.3, 0.4) is 0 Å². The Hall–Kier alpha value is -1.75. The maximum Gasteiger partial charge on any atom is 0.315 e. The monoisotopic (exact) mass is 331 g/mol. The molecule has 1 aliphatic carbocycles. The number of methoxy groups -OCH3 is 1. The van der Waals surface area contributed by atoms with Crippen molar-refractivity contribution in [2.75, 3.05) is 7.11 Å². The number of carbonyl (C=O) groups is 2. The summed E-state index contributed by atoms with van der Waals surface area (Å²) in [5, 5.41) is 0. The number of aryl methyl sites for hydroxylation is 1. The molecule has 3 rings (SSSR count). The molecule has 0 saturated carbocycles. The minimum absolute atomic E-state index is 0.132. The fourth-order valence-corrected chi connectivity index (χ4v) is 4.60. The second-order valence-corrected chi connectivity index (χ2v) is 7.23. The van der Waals surface area contributed by atoms with Gasteiger partial charge in [-0.3, -0.25) is 14.6 Å². The van der Waals surface area contributed by atoms with Crippen molar-refractivity contribution in [2.45, 2.75) is 45.4 Å². The van der Waals surface area contributed by atoms with Gasteiger partial charge in [0.25, 0.3) is 0 Å². The average Bonchev–Trinajstić information content (AvgIpc) is 3.02. The van der Waals surface area contributed by atoms with Gasteiger partial charge in [-0.25, -0.2) is 0 Å². The molecule has 0 fully saturated rings. The summed E-state index contributed by atoms with van der Waals surface area (Å²) < 4.78 is 5.01. The summed E-state index contributed by atoms with van der Waals surface area (Å²) in [6.07, 6.45) is 3.15. The highest BCUT2D eigenvalue weighted by Gasteiger charge is 2.43. The van der Waals surface area contributed by atoms with E-state index in [0.29, 0.717) is 6.42 Å². The lowest BCUT2D eigenvalue weighted by atomic mass is 9.74.